The summed E-state index contributed by atoms with van der Waals surface area (Å²) in [4.78, 5) is 13.2. The predicted octanol–water partition coefficient (Wildman–Crippen LogP) is 0.949. The van der Waals surface area contributed by atoms with E-state index in [9.17, 15) is 9.90 Å². The fourth-order valence-electron chi connectivity index (χ4n) is 3.09. The smallest absolute Gasteiger partial charge is 0.336 e. The first-order valence-electron chi connectivity index (χ1n) is 7.58. The lowest BCUT2D eigenvalue weighted by Gasteiger charge is -2.26. The standard InChI is InChI=1S/C17H21NO3/c1-11-7-15-13(10-18-5-3-14(19)4-6-18)9-17(20)21-16(15)8-12(11)2/h7-9,14,19H,3-6,10H2,1-2H3/p+1. The third-order valence-electron chi connectivity index (χ3n) is 4.55. The van der Waals surface area contributed by atoms with E-state index in [-0.39, 0.29) is 11.7 Å². The van der Waals surface area contributed by atoms with Gasteiger partial charge in [0.25, 0.3) is 0 Å². The van der Waals surface area contributed by atoms with Gasteiger partial charge in [-0.3, -0.25) is 0 Å². The number of piperidine rings is 1. The SMILES string of the molecule is Cc1cc2oc(=O)cc(C[NH+]3CCC(O)CC3)c2cc1C. The van der Waals surface area contributed by atoms with Gasteiger partial charge in [-0.1, -0.05) is 0 Å². The van der Waals surface area contributed by atoms with Crippen LogP contribution in [0.3, 0.4) is 0 Å². The number of likely N-dealkylation sites (tertiary alicyclic amines) is 1. The average molecular weight is 288 g/mol. The second kappa shape index (κ2) is 5.62. The molecule has 1 aliphatic heterocycles. The Bertz CT molecular complexity index is 712. The van der Waals surface area contributed by atoms with Gasteiger partial charge >= 0.3 is 5.63 Å². The van der Waals surface area contributed by atoms with Crippen LogP contribution in [0.1, 0.15) is 29.5 Å². The van der Waals surface area contributed by atoms with Crippen LogP contribution in [0.5, 0.6) is 0 Å². The number of aliphatic hydroxyl groups is 1. The molecule has 112 valence electrons. The summed E-state index contributed by atoms with van der Waals surface area (Å²) in [6, 6.07) is 5.68. The fourth-order valence-corrected chi connectivity index (χ4v) is 3.09. The largest absolute Gasteiger partial charge is 0.423 e. The van der Waals surface area contributed by atoms with Crippen LogP contribution < -0.4 is 10.5 Å². The van der Waals surface area contributed by atoms with Crippen molar-refractivity contribution in [3.05, 3.63) is 45.3 Å². The molecule has 0 amide bonds. The number of hydrogen-bond acceptors (Lipinski definition) is 3. The van der Waals surface area contributed by atoms with Gasteiger partial charge < -0.3 is 14.4 Å². The van der Waals surface area contributed by atoms with Crippen molar-refractivity contribution in [1.29, 1.82) is 0 Å². The number of aliphatic hydroxyl groups excluding tert-OH is 1. The highest BCUT2D eigenvalue weighted by Crippen LogP contribution is 2.21. The molecule has 1 saturated heterocycles. The number of aryl methyl sites for hydroxylation is 2. The van der Waals surface area contributed by atoms with Gasteiger partial charge in [0, 0.05) is 29.9 Å². The Hall–Kier alpha value is -1.65. The molecule has 1 aromatic heterocycles. The minimum Gasteiger partial charge on any atom is -0.423 e. The molecule has 0 atom stereocenters. The number of fused-ring (bicyclic) bond motifs is 1. The van der Waals surface area contributed by atoms with Crippen LogP contribution in [0, 0.1) is 13.8 Å². The van der Waals surface area contributed by atoms with Crippen molar-refractivity contribution in [2.45, 2.75) is 39.3 Å². The highest BCUT2D eigenvalue weighted by atomic mass is 16.4. The number of hydrogen-bond donors (Lipinski definition) is 2. The molecular weight excluding hydrogens is 266 g/mol. The van der Waals surface area contributed by atoms with Crippen molar-refractivity contribution in [2.24, 2.45) is 0 Å². The van der Waals surface area contributed by atoms with Crippen molar-refractivity contribution >= 4 is 11.0 Å². The lowest BCUT2D eigenvalue weighted by atomic mass is 10.0. The Balaban J connectivity index is 1.97. The van der Waals surface area contributed by atoms with Crippen molar-refractivity contribution in [3.8, 4) is 0 Å². The molecule has 0 radical (unpaired) electrons. The number of nitrogens with one attached hydrogen (secondary N) is 1. The maximum atomic E-state index is 11.8. The number of rotatable bonds is 2. The second-order valence-electron chi connectivity index (χ2n) is 6.18. The number of benzene rings is 1. The maximum Gasteiger partial charge on any atom is 0.336 e. The molecule has 1 aromatic carbocycles. The van der Waals surface area contributed by atoms with Gasteiger partial charge in [0.15, 0.2) is 0 Å². The Kier molecular flexibility index (Phi) is 3.83. The van der Waals surface area contributed by atoms with E-state index in [0.717, 1.165) is 49.0 Å². The summed E-state index contributed by atoms with van der Waals surface area (Å²) in [7, 11) is 0. The van der Waals surface area contributed by atoms with E-state index >= 15 is 0 Å². The van der Waals surface area contributed by atoms with Crippen molar-refractivity contribution in [1.82, 2.24) is 0 Å². The highest BCUT2D eigenvalue weighted by Gasteiger charge is 2.21. The average Bonchev–Trinajstić information content (AvgIpc) is 2.43. The zero-order valence-corrected chi connectivity index (χ0v) is 12.6. The van der Waals surface area contributed by atoms with Crippen LogP contribution in [0.4, 0.5) is 0 Å². The lowest BCUT2D eigenvalue weighted by Crippen LogP contribution is -3.12. The van der Waals surface area contributed by atoms with Crippen LogP contribution in [-0.4, -0.2) is 24.3 Å². The van der Waals surface area contributed by atoms with E-state index < -0.39 is 0 Å². The number of quaternary nitrogens is 1. The first kappa shape index (κ1) is 14.3. The first-order chi connectivity index (χ1) is 10.0. The van der Waals surface area contributed by atoms with Gasteiger partial charge in [0.2, 0.25) is 0 Å². The third-order valence-corrected chi connectivity index (χ3v) is 4.55. The summed E-state index contributed by atoms with van der Waals surface area (Å²) in [6.45, 7) is 6.82. The third kappa shape index (κ3) is 3.01. The zero-order valence-electron chi connectivity index (χ0n) is 12.6. The Morgan fingerprint density at radius 1 is 1.19 bits per heavy atom. The van der Waals surface area contributed by atoms with Crippen LogP contribution in [0.15, 0.2) is 27.4 Å². The van der Waals surface area contributed by atoms with Gasteiger partial charge in [-0.2, -0.15) is 0 Å². The summed E-state index contributed by atoms with van der Waals surface area (Å²) in [5.74, 6) is 0. The maximum absolute atomic E-state index is 11.8. The molecule has 1 aliphatic rings. The van der Waals surface area contributed by atoms with E-state index in [4.69, 9.17) is 4.42 Å². The topological polar surface area (TPSA) is 54.9 Å². The van der Waals surface area contributed by atoms with Gasteiger partial charge in [-0.05, 0) is 37.1 Å². The molecule has 0 aliphatic carbocycles. The summed E-state index contributed by atoms with van der Waals surface area (Å²) in [5.41, 5.74) is 3.79. The van der Waals surface area contributed by atoms with Crippen LogP contribution in [0.2, 0.25) is 0 Å². The summed E-state index contributed by atoms with van der Waals surface area (Å²) in [6.07, 6.45) is 1.52. The quantitative estimate of drug-likeness (QED) is 0.809. The molecule has 0 bridgehead atoms. The van der Waals surface area contributed by atoms with Gasteiger partial charge in [0.05, 0.1) is 19.2 Å². The molecule has 2 heterocycles. The van der Waals surface area contributed by atoms with Crippen LogP contribution in [-0.2, 0) is 6.54 Å². The van der Waals surface area contributed by atoms with E-state index in [0.29, 0.717) is 5.58 Å². The van der Waals surface area contributed by atoms with Crippen molar-refractivity contribution in [2.75, 3.05) is 13.1 Å². The molecule has 2 N–H and O–H groups in total. The first-order valence-corrected chi connectivity index (χ1v) is 7.58. The zero-order chi connectivity index (χ0) is 15.0. The molecular formula is C17H22NO3+. The second-order valence-corrected chi connectivity index (χ2v) is 6.18. The van der Waals surface area contributed by atoms with E-state index in [1.54, 1.807) is 6.07 Å². The van der Waals surface area contributed by atoms with Crippen LogP contribution in [0.25, 0.3) is 11.0 Å². The van der Waals surface area contributed by atoms with Gasteiger partial charge in [-0.25, -0.2) is 4.79 Å². The van der Waals surface area contributed by atoms with Crippen molar-refractivity contribution < 1.29 is 14.4 Å². The minimum atomic E-state index is -0.280. The molecule has 2 aromatic rings. The van der Waals surface area contributed by atoms with Crippen molar-refractivity contribution in [3.63, 3.8) is 0 Å². The molecule has 3 rings (SSSR count). The highest BCUT2D eigenvalue weighted by molar-refractivity contribution is 5.81. The van der Waals surface area contributed by atoms with E-state index in [1.807, 2.05) is 13.0 Å². The minimum absolute atomic E-state index is 0.156. The fraction of sp³-hybridized carbons (Fsp3) is 0.471. The summed E-state index contributed by atoms with van der Waals surface area (Å²) >= 11 is 0. The Morgan fingerprint density at radius 2 is 1.86 bits per heavy atom. The normalized spacial score (nSPS) is 22.6. The predicted molar refractivity (Wildman–Crippen MR) is 81.6 cm³/mol. The molecule has 4 heteroatoms. The van der Waals surface area contributed by atoms with Gasteiger partial charge in [-0.15, -0.1) is 0 Å². The van der Waals surface area contributed by atoms with Crippen LogP contribution >= 0.6 is 0 Å². The van der Waals surface area contributed by atoms with E-state index in [1.165, 1.54) is 10.5 Å². The molecule has 4 nitrogen and oxygen atoms in total. The Morgan fingerprint density at radius 3 is 2.57 bits per heavy atom. The van der Waals surface area contributed by atoms with Gasteiger partial charge in [0.1, 0.15) is 12.1 Å². The summed E-state index contributed by atoms with van der Waals surface area (Å²) < 4.78 is 5.34. The molecule has 21 heavy (non-hydrogen) atoms. The molecule has 0 saturated carbocycles. The van der Waals surface area contributed by atoms with E-state index in [2.05, 4.69) is 13.0 Å². The molecule has 0 spiro atoms. The lowest BCUT2D eigenvalue weighted by molar-refractivity contribution is -0.919. The molecule has 1 fully saturated rings. The molecule has 0 unspecified atom stereocenters. The Labute approximate surface area is 124 Å². The monoisotopic (exact) mass is 288 g/mol. The summed E-state index contributed by atoms with van der Waals surface area (Å²) in [5, 5.41) is 10.6.